The van der Waals surface area contributed by atoms with Crippen molar-refractivity contribution >= 4 is 87.9 Å². The van der Waals surface area contributed by atoms with Crippen LogP contribution in [0.3, 0.4) is 0 Å². The minimum atomic E-state index is -0.577. The lowest BCUT2D eigenvalue weighted by molar-refractivity contribution is -0.146. The fourth-order valence-corrected chi connectivity index (χ4v) is 17.9. The number of rotatable bonds is 36. The molecule has 8 N–H and O–H groups in total. The van der Waals surface area contributed by atoms with E-state index in [9.17, 15) is 49.8 Å². The minimum absolute atomic E-state index is 0. The Morgan fingerprint density at radius 2 is 0.833 bits per heavy atom. The maximum Gasteiger partial charge on any atom is 0.306 e. The molecule has 0 bridgehead atoms. The Kier molecular flexibility index (Phi) is 34.5. The Morgan fingerprint density at radius 3 is 1.24 bits per heavy atom. The Morgan fingerprint density at radius 1 is 0.454 bits per heavy atom. The number of aliphatic hydroxyl groups is 6. The summed E-state index contributed by atoms with van der Waals surface area (Å²) in [5.74, 6) is -0.831. The molecule has 0 saturated heterocycles. The molecular weight excluding hydrogens is 1390 g/mol. The van der Waals surface area contributed by atoms with E-state index >= 15 is 0 Å². The standard InChI is InChI=1S/C44H51NO6S.C43H50N2O6S.C2H6.2CH4/c1-2-35(39(47)24-30-15-18-34-27-45-22-21-32(34)23-30)31-16-13-29(14-17-31)28-51-44(50)12-6-4-3-5-10-36-37(41(49)26-40(36)48)19-20-38(46)43-25-33-9-7-8-11-42(33)52-43;44-25-36(38(47)22-29-13-16-33-26-45-20-19-31(33)21-29)30-14-11-28(12-15-30)27-51-43(50)10-4-2-1-3-8-34-35(40(49)24-39(34)48)17-18-37(46)42-23-32-7-5-6-9-41(32)52-42;1-2;;/h7-9,11,13-18,21-23,25,27,35-38,40-41,46,48-49H,2-6,10,12,19-20,24,26,28H2,1H3;5-7,9,11-16,19-21,23,26,34-37,39-40,46,48-49H,1-4,8,10,17-18,22,24-25,27,44H2;1-2H3;2*1H4/t35?,36-,37-,38-,40+,41-;34-,35-,36?,37-,39+,40-;;;/m11.../s1. The lowest BCUT2D eigenvalue weighted by Crippen LogP contribution is -2.23. The number of aliphatic hydroxyl groups excluding tert-OH is 6. The van der Waals surface area contributed by atoms with Gasteiger partial charge in [0.15, 0.2) is 0 Å². The zero-order chi connectivity index (χ0) is 74.9. The molecule has 15 nitrogen and oxygen atoms in total. The minimum Gasteiger partial charge on any atom is -0.461 e. The molecule has 0 radical (unpaired) electrons. The summed E-state index contributed by atoms with van der Waals surface area (Å²) in [6.45, 7) is 6.63. The molecule has 2 fully saturated rings. The van der Waals surface area contributed by atoms with Gasteiger partial charge in [-0.3, -0.25) is 29.1 Å². The molecule has 4 aromatic heterocycles. The predicted molar refractivity (Wildman–Crippen MR) is 438 cm³/mol. The van der Waals surface area contributed by atoms with Gasteiger partial charge in [0.25, 0.3) is 0 Å². The number of carbonyl (C=O) groups is 4. The lowest BCUT2D eigenvalue weighted by atomic mass is 9.84. The Bertz CT molecular complexity index is 4060. The second-order valence-electron chi connectivity index (χ2n) is 28.8. The first kappa shape index (κ1) is 85.7. The van der Waals surface area contributed by atoms with E-state index in [1.54, 1.807) is 41.3 Å². The Balaban J connectivity index is 0.000000261. The van der Waals surface area contributed by atoms with E-state index in [0.29, 0.717) is 70.6 Å². The molecule has 4 heterocycles. The van der Waals surface area contributed by atoms with E-state index in [-0.39, 0.29) is 87.7 Å². The number of ketones is 2. The summed E-state index contributed by atoms with van der Waals surface area (Å²) in [5.41, 5.74) is 11.6. The molecule has 0 amide bonds. The number of carbonyl (C=O) groups excluding carboxylic acids is 4. The molecule has 17 heteroatoms. The maximum atomic E-state index is 13.3. The monoisotopic (exact) mass is 1510 g/mol. The number of hydrogen-bond donors (Lipinski definition) is 7. The fraction of sp³-hybridized carbons (Fsp3) is 0.451. The zero-order valence-corrected chi connectivity index (χ0v) is 63.3. The summed E-state index contributed by atoms with van der Waals surface area (Å²) >= 11 is 3.22. The van der Waals surface area contributed by atoms with Crippen molar-refractivity contribution in [3.05, 3.63) is 226 Å². The summed E-state index contributed by atoms with van der Waals surface area (Å²) in [5, 5.41) is 71.0. The zero-order valence-electron chi connectivity index (χ0n) is 61.6. The first-order valence-electron chi connectivity index (χ1n) is 38.5. The van der Waals surface area contributed by atoms with Crippen molar-refractivity contribution in [3.8, 4) is 0 Å². The van der Waals surface area contributed by atoms with Crippen LogP contribution in [0.1, 0.15) is 225 Å². The molecule has 2 aliphatic rings. The highest BCUT2D eigenvalue weighted by atomic mass is 32.1. The van der Waals surface area contributed by atoms with Crippen LogP contribution >= 0.6 is 22.7 Å². The van der Waals surface area contributed by atoms with Gasteiger partial charge in [0.2, 0.25) is 0 Å². The molecule has 12 rings (SSSR count). The highest BCUT2D eigenvalue weighted by molar-refractivity contribution is 7.19. The van der Waals surface area contributed by atoms with Crippen molar-refractivity contribution in [1.82, 2.24) is 9.97 Å². The average molecular weight is 1510 g/mol. The van der Waals surface area contributed by atoms with Crippen molar-refractivity contribution in [3.63, 3.8) is 0 Å². The van der Waals surface area contributed by atoms with Crippen LogP contribution in [0.5, 0.6) is 0 Å². The van der Waals surface area contributed by atoms with Crippen molar-refractivity contribution in [2.45, 2.75) is 232 Å². The van der Waals surface area contributed by atoms with Crippen LogP contribution in [0, 0.1) is 23.7 Å². The van der Waals surface area contributed by atoms with Crippen LogP contribution < -0.4 is 5.73 Å². The van der Waals surface area contributed by atoms with Crippen molar-refractivity contribution in [2.75, 3.05) is 6.54 Å². The Hall–Kier alpha value is -7.94. The summed E-state index contributed by atoms with van der Waals surface area (Å²) in [6.07, 6.45) is 17.8. The number of ether oxygens (including phenoxy) is 2. The van der Waals surface area contributed by atoms with E-state index in [4.69, 9.17) is 15.2 Å². The van der Waals surface area contributed by atoms with E-state index in [1.165, 1.54) is 0 Å². The van der Waals surface area contributed by atoms with Gasteiger partial charge in [0.05, 0.1) is 42.5 Å². The predicted octanol–water partition coefficient (Wildman–Crippen LogP) is 18.9. The molecule has 0 aliphatic heterocycles. The highest BCUT2D eigenvalue weighted by Gasteiger charge is 2.42. The maximum absolute atomic E-state index is 13.3. The number of pyridine rings is 2. The van der Waals surface area contributed by atoms with Crippen molar-refractivity contribution < 1.29 is 59.3 Å². The second-order valence-corrected chi connectivity index (χ2v) is 31.0. The molecule has 10 aromatic rings. The van der Waals surface area contributed by atoms with Gasteiger partial charge in [-0.05, 0) is 186 Å². The van der Waals surface area contributed by atoms with Gasteiger partial charge in [0, 0.05) is 92.9 Å². The summed E-state index contributed by atoms with van der Waals surface area (Å²) in [4.78, 5) is 61.6. The number of benzene rings is 6. The summed E-state index contributed by atoms with van der Waals surface area (Å²) in [6, 6.07) is 51.6. The smallest absolute Gasteiger partial charge is 0.306 e. The van der Waals surface area contributed by atoms with Crippen LogP contribution in [0.15, 0.2) is 183 Å². The van der Waals surface area contributed by atoms with Gasteiger partial charge in [-0.2, -0.15) is 0 Å². The topological polar surface area (TPSA) is 260 Å². The van der Waals surface area contributed by atoms with Gasteiger partial charge in [-0.25, -0.2) is 0 Å². The largest absolute Gasteiger partial charge is 0.461 e. The molecule has 578 valence electrons. The number of hydrogen-bond acceptors (Lipinski definition) is 17. The first-order valence-corrected chi connectivity index (χ1v) is 40.2. The molecular formula is C91H115N3O12S2. The van der Waals surface area contributed by atoms with Crippen LogP contribution in [0.25, 0.3) is 41.7 Å². The Labute approximate surface area is 647 Å². The molecule has 12 atom stereocenters. The molecule has 2 aliphatic carbocycles. The SMILES string of the molecule is C.C.CC.CCC(C(=O)Cc1ccc2cnccc2c1)c1ccc(COC(=O)CCCCCC[C@@H]2[C@@H](CC[C@@H](O)c3cc4ccccc4s3)[C@H](O)C[C@@H]2O)cc1.NCC(C(=O)Cc1ccc2cnccc2c1)c1ccc(COC(=O)CCCCCC[C@@H]2[C@@H](CC[C@@H](O)c3cc4ccccc4s3)[C@H](O)C[C@@H]2O)cc1. The summed E-state index contributed by atoms with van der Waals surface area (Å²) < 4.78 is 13.4. The quantitative estimate of drug-likeness (QED) is 0.0142. The van der Waals surface area contributed by atoms with E-state index in [2.05, 4.69) is 46.4 Å². The van der Waals surface area contributed by atoms with Crippen LogP contribution in [-0.2, 0) is 54.7 Å². The van der Waals surface area contributed by atoms with Crippen LogP contribution in [0.4, 0.5) is 0 Å². The third kappa shape index (κ3) is 24.0. The van der Waals surface area contributed by atoms with E-state index in [1.807, 2.05) is 148 Å². The van der Waals surface area contributed by atoms with Gasteiger partial charge in [0.1, 0.15) is 24.8 Å². The van der Waals surface area contributed by atoms with Crippen LogP contribution in [0.2, 0.25) is 0 Å². The molecule has 6 aromatic carbocycles. The van der Waals surface area contributed by atoms with Crippen molar-refractivity contribution in [1.29, 1.82) is 0 Å². The number of unbranched alkanes of at least 4 members (excludes halogenated alkanes) is 6. The van der Waals surface area contributed by atoms with E-state index in [0.717, 1.165) is 149 Å². The van der Waals surface area contributed by atoms with Crippen LogP contribution in [-0.4, -0.2) is 95.1 Å². The van der Waals surface area contributed by atoms with E-state index < -0.39 is 42.5 Å². The normalized spacial score (nSPS) is 19.2. The lowest BCUT2D eigenvalue weighted by Gasteiger charge is -2.24. The van der Waals surface area contributed by atoms with Gasteiger partial charge < -0.3 is 45.8 Å². The highest BCUT2D eigenvalue weighted by Crippen LogP contribution is 2.43. The number of esters is 2. The average Bonchev–Trinajstić information content (AvgIpc) is 1.70. The van der Waals surface area contributed by atoms with Gasteiger partial charge in [-0.15, -0.1) is 22.7 Å². The first-order chi connectivity index (χ1) is 51.6. The molecule has 108 heavy (non-hydrogen) atoms. The number of aromatic nitrogens is 2. The third-order valence-corrected chi connectivity index (χ3v) is 24.1. The molecule has 2 saturated carbocycles. The number of thiophene rings is 2. The van der Waals surface area contributed by atoms with Gasteiger partial charge >= 0.3 is 11.9 Å². The number of nitrogens with zero attached hydrogens (tertiary/aromatic N) is 2. The third-order valence-electron chi connectivity index (χ3n) is 21.6. The number of nitrogens with two attached hydrogens (primary N) is 1. The molecule has 2 unspecified atom stereocenters. The number of Topliss-reactive ketones (excluding diaryl/α,β-unsaturated/α-hetero) is 2. The van der Waals surface area contributed by atoms with Gasteiger partial charge in [-0.1, -0.05) is 195 Å². The van der Waals surface area contributed by atoms with Crippen molar-refractivity contribution in [2.24, 2.45) is 29.4 Å². The fourth-order valence-electron chi connectivity index (χ4n) is 15.7. The molecule has 0 spiro atoms. The second kappa shape index (κ2) is 43.5. The summed E-state index contributed by atoms with van der Waals surface area (Å²) in [7, 11) is 0. The number of fused-ring (bicyclic) bond motifs is 4.